The van der Waals surface area contributed by atoms with Gasteiger partial charge in [0.15, 0.2) is 0 Å². The summed E-state index contributed by atoms with van der Waals surface area (Å²) in [5.74, 6) is -1.49. The Labute approximate surface area is 296 Å². The summed E-state index contributed by atoms with van der Waals surface area (Å²) in [4.78, 5) is 19.3. The molecule has 10 heteroatoms. The van der Waals surface area contributed by atoms with Crippen LogP contribution >= 0.6 is 0 Å². The van der Waals surface area contributed by atoms with Crippen LogP contribution in [-0.2, 0) is 9.59 Å². The second kappa shape index (κ2) is 49.9. The molecule has 0 aliphatic rings. The number of hydrogen-bond donors (Lipinski definition) is 2. The van der Waals surface area contributed by atoms with Gasteiger partial charge in [-0.2, -0.15) is 0 Å². The SMILES string of the molecule is CC(=O)O.CCCCCCCCCCCCCCCCCC(=O)O.O.[NaH].[NaH].[NaH].[NaH].[NaH]. The second-order valence-electron chi connectivity index (χ2n) is 6.61. The molecule has 0 atom stereocenters. The molecule has 5 nitrogen and oxygen atoms in total. The van der Waals surface area contributed by atoms with Crippen molar-refractivity contribution in [3.05, 3.63) is 0 Å². The van der Waals surface area contributed by atoms with Crippen LogP contribution in [0.1, 0.15) is 117 Å². The first kappa shape index (κ1) is 54.7. The molecule has 0 bridgehead atoms. The van der Waals surface area contributed by atoms with Crippen molar-refractivity contribution in [3.63, 3.8) is 0 Å². The molecule has 0 unspecified atom stereocenters. The van der Waals surface area contributed by atoms with Crippen LogP contribution in [0.2, 0.25) is 0 Å². The third-order valence-electron chi connectivity index (χ3n) is 3.99. The summed E-state index contributed by atoms with van der Waals surface area (Å²) >= 11 is 0. The van der Waals surface area contributed by atoms with Crippen molar-refractivity contribution in [1.29, 1.82) is 0 Å². The van der Waals surface area contributed by atoms with E-state index in [0.717, 1.165) is 19.8 Å². The van der Waals surface area contributed by atoms with Crippen LogP contribution in [0.25, 0.3) is 0 Å². The number of aliphatic carboxylic acids is 2. The summed E-state index contributed by atoms with van der Waals surface area (Å²) in [5.41, 5.74) is 0. The molecule has 0 aromatic rings. The molecule has 162 valence electrons. The summed E-state index contributed by atoms with van der Waals surface area (Å²) in [5, 5.41) is 15.9. The summed E-state index contributed by atoms with van der Waals surface area (Å²) in [6, 6.07) is 0. The van der Waals surface area contributed by atoms with E-state index in [1.165, 1.54) is 83.5 Å². The summed E-state index contributed by atoms with van der Waals surface area (Å²) in [7, 11) is 0. The van der Waals surface area contributed by atoms with Crippen LogP contribution in [-0.4, -0.2) is 175 Å². The Kier molecular flexibility index (Phi) is 91.0. The number of rotatable bonds is 16. The molecule has 4 N–H and O–H groups in total. The summed E-state index contributed by atoms with van der Waals surface area (Å²) < 4.78 is 0. The Bertz CT molecular complexity index is 295. The minimum atomic E-state index is -0.833. The van der Waals surface area contributed by atoms with Gasteiger partial charge in [-0.05, 0) is 6.42 Å². The molecule has 30 heavy (non-hydrogen) atoms. The van der Waals surface area contributed by atoms with Crippen molar-refractivity contribution in [3.8, 4) is 0 Å². The molecule has 0 aliphatic carbocycles. The molecule has 0 amide bonds. The number of hydrogen-bond acceptors (Lipinski definition) is 2. The van der Waals surface area contributed by atoms with Crippen molar-refractivity contribution < 1.29 is 25.3 Å². The minimum absolute atomic E-state index is 0. The predicted octanol–water partition coefficient (Wildman–Crippen LogP) is 2.36. The molecule has 0 radical (unpaired) electrons. The Morgan fingerprint density at radius 1 is 0.533 bits per heavy atom. The zero-order valence-electron chi connectivity index (χ0n) is 16.5. The fourth-order valence-corrected chi connectivity index (χ4v) is 2.65. The van der Waals surface area contributed by atoms with Gasteiger partial charge < -0.3 is 15.7 Å². The van der Waals surface area contributed by atoms with E-state index in [2.05, 4.69) is 6.92 Å². The van der Waals surface area contributed by atoms with Gasteiger partial charge >= 0.3 is 154 Å². The van der Waals surface area contributed by atoms with Crippen molar-refractivity contribution >= 4 is 160 Å². The first-order valence-electron chi connectivity index (χ1n) is 9.92. The second-order valence-corrected chi connectivity index (χ2v) is 6.61. The topological polar surface area (TPSA) is 106 Å². The van der Waals surface area contributed by atoms with Gasteiger partial charge in [-0.15, -0.1) is 0 Å². The molecular formula is C20H47Na5O5. The average Bonchev–Trinajstić information content (AvgIpc) is 2.50. The van der Waals surface area contributed by atoms with Gasteiger partial charge in [0.25, 0.3) is 5.97 Å². The van der Waals surface area contributed by atoms with Crippen LogP contribution in [0.3, 0.4) is 0 Å². The summed E-state index contributed by atoms with van der Waals surface area (Å²) in [6.07, 6.45) is 20.2. The summed E-state index contributed by atoms with van der Waals surface area (Å²) in [6.45, 7) is 3.35. The average molecular weight is 483 g/mol. The Balaban J connectivity index is -0.0000000739. The number of unbranched alkanes of at least 4 members (excludes halogenated alkanes) is 14. The standard InChI is InChI=1S/C18H36O2.C2H4O2.5Na.H2O.5H/c1-2-3-4-5-6-7-8-9-10-11-12-13-14-15-16-17-18(19)20;1-2(3)4;;;;;;;;;;;/h2-17H2,1H3,(H,19,20);1H3,(H,3,4);;;;;;1H2;;;;;. The normalized spacial score (nSPS) is 8.07. The molecule has 0 saturated carbocycles. The first-order valence-corrected chi connectivity index (χ1v) is 9.92. The van der Waals surface area contributed by atoms with E-state index < -0.39 is 11.9 Å². The van der Waals surface area contributed by atoms with E-state index >= 15 is 0 Å². The third kappa shape index (κ3) is 69.7. The van der Waals surface area contributed by atoms with E-state index in [-0.39, 0.29) is 153 Å². The van der Waals surface area contributed by atoms with Crippen LogP contribution in [0.4, 0.5) is 0 Å². The van der Waals surface area contributed by atoms with Crippen molar-refractivity contribution in [2.45, 2.75) is 117 Å². The number of carboxylic acid groups (broad SMARTS) is 2. The van der Waals surface area contributed by atoms with E-state index in [0.29, 0.717) is 6.42 Å². The molecule has 0 spiro atoms. The molecule has 0 aromatic heterocycles. The molecule has 0 rings (SSSR count). The van der Waals surface area contributed by atoms with Gasteiger partial charge in [-0.25, -0.2) is 0 Å². The van der Waals surface area contributed by atoms with Gasteiger partial charge in [0.2, 0.25) is 0 Å². The quantitative estimate of drug-likeness (QED) is 0.260. The van der Waals surface area contributed by atoms with Crippen molar-refractivity contribution in [2.75, 3.05) is 0 Å². The van der Waals surface area contributed by atoms with Crippen molar-refractivity contribution in [1.82, 2.24) is 0 Å². The number of carboxylic acids is 2. The maximum atomic E-state index is 10.3. The predicted molar refractivity (Wildman–Crippen MR) is 140 cm³/mol. The van der Waals surface area contributed by atoms with Gasteiger partial charge in [-0.1, -0.05) is 96.8 Å². The van der Waals surface area contributed by atoms with Crippen LogP contribution in [0.15, 0.2) is 0 Å². The van der Waals surface area contributed by atoms with Gasteiger partial charge in [0.1, 0.15) is 0 Å². The van der Waals surface area contributed by atoms with E-state index in [1.807, 2.05) is 0 Å². The molecule has 0 aromatic carbocycles. The fourth-order valence-electron chi connectivity index (χ4n) is 2.65. The van der Waals surface area contributed by atoms with Gasteiger partial charge in [0, 0.05) is 13.3 Å². The Morgan fingerprint density at radius 2 is 0.733 bits per heavy atom. The molecule has 0 heterocycles. The van der Waals surface area contributed by atoms with E-state index in [4.69, 9.17) is 15.0 Å². The molecule has 0 fully saturated rings. The zero-order valence-corrected chi connectivity index (χ0v) is 16.5. The monoisotopic (exact) mass is 482 g/mol. The third-order valence-corrected chi connectivity index (χ3v) is 3.99. The van der Waals surface area contributed by atoms with Gasteiger partial charge in [0.05, 0.1) is 0 Å². The Morgan fingerprint density at radius 3 is 0.933 bits per heavy atom. The van der Waals surface area contributed by atoms with Crippen LogP contribution in [0.5, 0.6) is 0 Å². The van der Waals surface area contributed by atoms with E-state index in [1.54, 1.807) is 0 Å². The Hall–Kier alpha value is 3.90. The molecule has 0 aliphatic heterocycles. The van der Waals surface area contributed by atoms with Crippen LogP contribution < -0.4 is 0 Å². The maximum absolute atomic E-state index is 10.3. The first-order chi connectivity index (χ1) is 11.5. The zero-order chi connectivity index (χ0) is 18.5. The van der Waals surface area contributed by atoms with Crippen molar-refractivity contribution in [2.24, 2.45) is 0 Å². The molecule has 0 saturated heterocycles. The fraction of sp³-hybridized carbons (Fsp3) is 0.900. The number of carbonyl (C=O) groups is 2. The van der Waals surface area contributed by atoms with E-state index in [9.17, 15) is 4.79 Å². The van der Waals surface area contributed by atoms with Crippen LogP contribution in [0, 0.1) is 0 Å². The molecular weight excluding hydrogens is 435 g/mol. The van der Waals surface area contributed by atoms with Gasteiger partial charge in [-0.3, -0.25) is 9.59 Å².